The number of carbonyl (C=O) groups excluding carboxylic acids is 1. The number of nitrogens with one attached hydrogen (secondary N) is 2. The summed E-state index contributed by atoms with van der Waals surface area (Å²) in [6.07, 6.45) is 6.14. The quantitative estimate of drug-likeness (QED) is 0.887. The average Bonchev–Trinajstić information content (AvgIpc) is 2.42. The Balaban J connectivity index is 1.93. The summed E-state index contributed by atoms with van der Waals surface area (Å²) in [5.41, 5.74) is 1.86. The average molecular weight is 275 g/mol. The summed E-state index contributed by atoms with van der Waals surface area (Å²) in [4.78, 5) is 16.4. The van der Waals surface area contributed by atoms with Gasteiger partial charge in [0.25, 0.3) is 5.91 Å². The number of aromatic nitrogens is 1. The number of rotatable bonds is 4. The number of hydrogen-bond donors (Lipinski definition) is 2. The first-order chi connectivity index (χ1) is 9.50. The summed E-state index contributed by atoms with van der Waals surface area (Å²) in [6.45, 7) is 7.46. The maximum absolute atomic E-state index is 12.2. The lowest BCUT2D eigenvalue weighted by Crippen LogP contribution is -2.39. The van der Waals surface area contributed by atoms with Crippen LogP contribution in [0.2, 0.25) is 0 Å². The van der Waals surface area contributed by atoms with Gasteiger partial charge in [0.15, 0.2) is 0 Å². The van der Waals surface area contributed by atoms with E-state index in [4.69, 9.17) is 0 Å². The molecule has 0 atom stereocenters. The zero-order chi connectivity index (χ0) is 14.6. The third kappa shape index (κ3) is 3.95. The minimum absolute atomic E-state index is 0.0607. The number of anilines is 1. The number of nitrogens with zero attached hydrogens (tertiary/aromatic N) is 1. The van der Waals surface area contributed by atoms with Gasteiger partial charge in [-0.15, -0.1) is 0 Å². The van der Waals surface area contributed by atoms with E-state index in [0.29, 0.717) is 17.2 Å². The number of hydrogen-bond acceptors (Lipinski definition) is 3. The lowest BCUT2D eigenvalue weighted by molar-refractivity contribution is 0.0904. The van der Waals surface area contributed by atoms with Crippen LogP contribution in [-0.4, -0.2) is 23.5 Å². The zero-order valence-corrected chi connectivity index (χ0v) is 12.7. The second-order valence-electron chi connectivity index (χ2n) is 6.37. The highest BCUT2D eigenvalue weighted by Gasteiger charge is 2.27. The molecule has 4 nitrogen and oxygen atoms in total. The van der Waals surface area contributed by atoms with Gasteiger partial charge in [0.2, 0.25) is 0 Å². The molecule has 2 rings (SSSR count). The summed E-state index contributed by atoms with van der Waals surface area (Å²) < 4.78 is 0. The fourth-order valence-electron chi connectivity index (χ4n) is 2.67. The first-order valence-corrected chi connectivity index (χ1v) is 7.51. The largest absolute Gasteiger partial charge is 0.385 e. The van der Waals surface area contributed by atoms with E-state index < -0.39 is 0 Å². The summed E-state index contributed by atoms with van der Waals surface area (Å²) in [6, 6.07) is 3.98. The van der Waals surface area contributed by atoms with Crippen molar-refractivity contribution in [3.05, 3.63) is 24.0 Å². The summed E-state index contributed by atoms with van der Waals surface area (Å²) in [7, 11) is 0. The molecule has 0 aromatic carbocycles. The summed E-state index contributed by atoms with van der Waals surface area (Å²) in [5, 5.41) is 6.31. The normalized spacial score (nSPS) is 18.6. The Morgan fingerprint density at radius 3 is 2.75 bits per heavy atom. The van der Waals surface area contributed by atoms with Gasteiger partial charge < -0.3 is 10.6 Å². The Labute approximate surface area is 121 Å². The predicted molar refractivity (Wildman–Crippen MR) is 81.9 cm³/mol. The van der Waals surface area contributed by atoms with Crippen molar-refractivity contribution in [2.24, 2.45) is 5.41 Å². The second kappa shape index (κ2) is 6.25. The first-order valence-electron chi connectivity index (χ1n) is 7.51. The van der Waals surface area contributed by atoms with Gasteiger partial charge in [-0.25, -0.2) is 0 Å². The molecule has 0 aliphatic heterocycles. The molecule has 20 heavy (non-hydrogen) atoms. The molecule has 1 aliphatic rings. The minimum Gasteiger partial charge on any atom is -0.385 e. The molecule has 1 aromatic heterocycles. The van der Waals surface area contributed by atoms with Gasteiger partial charge >= 0.3 is 0 Å². The molecule has 1 saturated carbocycles. The second-order valence-corrected chi connectivity index (χ2v) is 6.37. The highest BCUT2D eigenvalue weighted by atomic mass is 16.1. The molecule has 1 aromatic rings. The molecule has 0 bridgehead atoms. The Kier molecular flexibility index (Phi) is 4.63. The molecule has 110 valence electrons. The molecule has 1 heterocycles. The van der Waals surface area contributed by atoms with Crippen molar-refractivity contribution in [1.82, 2.24) is 10.3 Å². The minimum atomic E-state index is -0.0607. The van der Waals surface area contributed by atoms with Crippen LogP contribution in [0.3, 0.4) is 0 Å². The Morgan fingerprint density at radius 1 is 1.40 bits per heavy atom. The van der Waals surface area contributed by atoms with E-state index in [9.17, 15) is 4.79 Å². The van der Waals surface area contributed by atoms with Crippen LogP contribution in [0, 0.1) is 5.41 Å². The Hall–Kier alpha value is -1.58. The summed E-state index contributed by atoms with van der Waals surface area (Å²) >= 11 is 0. The van der Waals surface area contributed by atoms with Gasteiger partial charge in [-0.1, -0.05) is 13.8 Å². The van der Waals surface area contributed by atoms with Crippen LogP contribution in [-0.2, 0) is 0 Å². The van der Waals surface area contributed by atoms with Gasteiger partial charge in [-0.05, 0) is 50.2 Å². The lowest BCUT2D eigenvalue weighted by atomic mass is 9.75. The molecule has 0 radical (unpaired) electrons. The van der Waals surface area contributed by atoms with Crippen molar-refractivity contribution in [3.63, 3.8) is 0 Å². The van der Waals surface area contributed by atoms with Gasteiger partial charge in [0.1, 0.15) is 5.69 Å². The monoisotopic (exact) mass is 275 g/mol. The van der Waals surface area contributed by atoms with Crippen LogP contribution in [0.15, 0.2) is 18.3 Å². The molecular formula is C16H25N3O. The highest BCUT2D eigenvalue weighted by molar-refractivity contribution is 5.93. The fraction of sp³-hybridized carbons (Fsp3) is 0.625. The van der Waals surface area contributed by atoms with Crippen LogP contribution >= 0.6 is 0 Å². The molecule has 1 amide bonds. The third-order valence-corrected chi connectivity index (χ3v) is 4.05. The molecule has 0 unspecified atom stereocenters. The van der Waals surface area contributed by atoms with Gasteiger partial charge in [0, 0.05) is 24.5 Å². The van der Waals surface area contributed by atoms with Gasteiger partial charge in [0.05, 0.1) is 0 Å². The van der Waals surface area contributed by atoms with Crippen molar-refractivity contribution in [3.8, 4) is 0 Å². The van der Waals surface area contributed by atoms with Crippen LogP contribution in [0.25, 0.3) is 0 Å². The Bertz CT molecular complexity index is 461. The van der Waals surface area contributed by atoms with Crippen molar-refractivity contribution < 1.29 is 4.79 Å². The number of carbonyl (C=O) groups is 1. The molecule has 2 N–H and O–H groups in total. The topological polar surface area (TPSA) is 54.0 Å². The molecule has 1 aliphatic carbocycles. The zero-order valence-electron chi connectivity index (χ0n) is 12.7. The maximum Gasteiger partial charge on any atom is 0.270 e. The fourth-order valence-corrected chi connectivity index (χ4v) is 2.67. The lowest BCUT2D eigenvalue weighted by Gasteiger charge is -2.34. The smallest absolute Gasteiger partial charge is 0.270 e. The van der Waals surface area contributed by atoms with E-state index in [0.717, 1.165) is 25.1 Å². The van der Waals surface area contributed by atoms with Crippen LogP contribution in [0.4, 0.5) is 5.69 Å². The molecular weight excluding hydrogens is 250 g/mol. The van der Waals surface area contributed by atoms with Gasteiger partial charge in [-0.2, -0.15) is 0 Å². The van der Waals surface area contributed by atoms with Crippen molar-refractivity contribution in [1.29, 1.82) is 0 Å². The number of amides is 1. The highest BCUT2D eigenvalue weighted by Crippen LogP contribution is 2.35. The third-order valence-electron chi connectivity index (χ3n) is 4.05. The first kappa shape index (κ1) is 14.8. The van der Waals surface area contributed by atoms with E-state index in [1.165, 1.54) is 12.8 Å². The number of pyridine rings is 1. The predicted octanol–water partition coefficient (Wildman–Crippen LogP) is 3.21. The molecule has 0 spiro atoms. The van der Waals surface area contributed by atoms with E-state index in [1.54, 1.807) is 6.20 Å². The van der Waals surface area contributed by atoms with Crippen LogP contribution in [0.1, 0.15) is 56.9 Å². The Morgan fingerprint density at radius 2 is 2.10 bits per heavy atom. The molecule has 1 fully saturated rings. The molecule has 0 saturated heterocycles. The standard InChI is InChI=1S/C16H25N3O/c1-4-17-13-7-10-18-14(11-13)15(20)19-12-5-8-16(2,3)9-6-12/h7,10-12H,4-6,8-9H2,1-3H3,(H,17,18)(H,19,20). The van der Waals surface area contributed by atoms with E-state index >= 15 is 0 Å². The van der Waals surface area contributed by atoms with Crippen molar-refractivity contribution >= 4 is 11.6 Å². The molecule has 4 heteroatoms. The van der Waals surface area contributed by atoms with E-state index in [2.05, 4.69) is 29.5 Å². The van der Waals surface area contributed by atoms with E-state index in [-0.39, 0.29) is 5.91 Å². The summed E-state index contributed by atoms with van der Waals surface area (Å²) in [5.74, 6) is -0.0607. The van der Waals surface area contributed by atoms with Crippen LogP contribution < -0.4 is 10.6 Å². The van der Waals surface area contributed by atoms with E-state index in [1.807, 2.05) is 19.1 Å². The van der Waals surface area contributed by atoms with Gasteiger partial charge in [-0.3, -0.25) is 9.78 Å². The maximum atomic E-state index is 12.2. The van der Waals surface area contributed by atoms with Crippen LogP contribution in [0.5, 0.6) is 0 Å². The SMILES string of the molecule is CCNc1ccnc(C(=O)NC2CCC(C)(C)CC2)c1. The van der Waals surface area contributed by atoms with Crippen molar-refractivity contribution in [2.75, 3.05) is 11.9 Å². The van der Waals surface area contributed by atoms with Crippen molar-refractivity contribution in [2.45, 2.75) is 52.5 Å².